The van der Waals surface area contributed by atoms with Crippen molar-refractivity contribution in [2.45, 2.75) is 44.2 Å². The summed E-state index contributed by atoms with van der Waals surface area (Å²) in [6.07, 6.45) is 8.28. The van der Waals surface area contributed by atoms with E-state index in [9.17, 15) is 9.59 Å². The number of likely N-dealkylation sites (tertiary alicyclic amines) is 1. The van der Waals surface area contributed by atoms with E-state index in [0.717, 1.165) is 58.3 Å². The summed E-state index contributed by atoms with van der Waals surface area (Å²) in [4.78, 5) is 34.9. The highest BCUT2D eigenvalue weighted by Crippen LogP contribution is 2.31. The van der Waals surface area contributed by atoms with E-state index in [4.69, 9.17) is 0 Å². The molecule has 3 saturated heterocycles. The minimum Gasteiger partial charge on any atom is -0.312 e. The zero-order valence-electron chi connectivity index (χ0n) is 13.9. The fraction of sp³-hybridized carbons (Fsp3) is 0.611. The van der Waals surface area contributed by atoms with E-state index >= 15 is 0 Å². The molecule has 6 heteroatoms. The Morgan fingerprint density at radius 2 is 1.79 bits per heavy atom. The molecular formula is C18H24N4O2. The summed E-state index contributed by atoms with van der Waals surface area (Å²) in [5, 5.41) is 0. The average Bonchev–Trinajstić information content (AvgIpc) is 3.19. The Kier molecular flexibility index (Phi) is 4.22. The molecule has 0 saturated carbocycles. The van der Waals surface area contributed by atoms with Gasteiger partial charge in [0.1, 0.15) is 6.04 Å². The number of nitrogens with zero attached hydrogens (tertiary/aromatic N) is 4. The van der Waals surface area contributed by atoms with Crippen molar-refractivity contribution in [2.24, 2.45) is 0 Å². The first-order valence-corrected chi connectivity index (χ1v) is 8.99. The molecule has 0 bridgehead atoms. The molecule has 1 unspecified atom stereocenters. The summed E-state index contributed by atoms with van der Waals surface area (Å²) in [5.74, 6) is 0.0488. The second kappa shape index (κ2) is 6.51. The molecule has 3 fully saturated rings. The molecule has 0 spiro atoms. The van der Waals surface area contributed by atoms with Gasteiger partial charge in [-0.15, -0.1) is 0 Å². The first-order valence-electron chi connectivity index (χ1n) is 8.99. The third-order valence-electron chi connectivity index (χ3n) is 5.62. The number of rotatable bonds is 4. The highest BCUT2D eigenvalue weighted by atomic mass is 16.2. The monoisotopic (exact) mass is 328 g/mol. The molecule has 4 rings (SSSR count). The fourth-order valence-electron chi connectivity index (χ4n) is 4.22. The van der Waals surface area contributed by atoms with Gasteiger partial charge >= 0.3 is 6.03 Å². The molecule has 3 aliphatic rings. The Morgan fingerprint density at radius 1 is 1.04 bits per heavy atom. The second-order valence-electron chi connectivity index (χ2n) is 7.02. The number of piperidine rings is 1. The van der Waals surface area contributed by atoms with E-state index < -0.39 is 0 Å². The summed E-state index contributed by atoms with van der Waals surface area (Å²) < 4.78 is 0. The minimum atomic E-state index is -0.165. The van der Waals surface area contributed by atoms with Crippen molar-refractivity contribution in [3.8, 4) is 0 Å². The van der Waals surface area contributed by atoms with Gasteiger partial charge in [0, 0.05) is 44.6 Å². The van der Waals surface area contributed by atoms with Crippen LogP contribution in [0.2, 0.25) is 0 Å². The lowest BCUT2D eigenvalue weighted by atomic mass is 10.0. The van der Waals surface area contributed by atoms with Gasteiger partial charge in [-0.3, -0.25) is 14.7 Å². The highest BCUT2D eigenvalue weighted by Gasteiger charge is 2.49. The SMILES string of the molecule is O=C1C2CCCN2C(=O)N1C1CCN(CCc2ccncc2)CC1. The van der Waals surface area contributed by atoms with Gasteiger partial charge < -0.3 is 9.80 Å². The van der Waals surface area contributed by atoms with Gasteiger partial charge in [-0.05, 0) is 49.8 Å². The number of aromatic nitrogens is 1. The van der Waals surface area contributed by atoms with Crippen LogP contribution in [0.15, 0.2) is 24.5 Å². The van der Waals surface area contributed by atoms with Gasteiger partial charge in [-0.1, -0.05) is 0 Å². The summed E-state index contributed by atoms with van der Waals surface area (Å²) in [6.45, 7) is 3.68. The van der Waals surface area contributed by atoms with E-state index in [1.54, 1.807) is 9.80 Å². The van der Waals surface area contributed by atoms with Crippen LogP contribution in [0.3, 0.4) is 0 Å². The maximum atomic E-state index is 12.5. The van der Waals surface area contributed by atoms with Crippen LogP contribution in [-0.4, -0.2) is 69.9 Å². The van der Waals surface area contributed by atoms with Crippen molar-refractivity contribution in [3.63, 3.8) is 0 Å². The quantitative estimate of drug-likeness (QED) is 0.786. The number of pyridine rings is 1. The molecule has 0 aromatic carbocycles. The first-order chi connectivity index (χ1) is 11.7. The van der Waals surface area contributed by atoms with Gasteiger partial charge in [0.2, 0.25) is 0 Å². The topological polar surface area (TPSA) is 56.8 Å². The Hall–Kier alpha value is -1.95. The summed E-state index contributed by atoms with van der Waals surface area (Å²) >= 11 is 0. The predicted octanol–water partition coefficient (Wildman–Crippen LogP) is 1.52. The Bertz CT molecular complexity index is 591. The third-order valence-corrected chi connectivity index (χ3v) is 5.62. The molecule has 1 aromatic rings. The zero-order chi connectivity index (χ0) is 16.5. The molecule has 128 valence electrons. The Morgan fingerprint density at radius 3 is 2.50 bits per heavy atom. The molecule has 0 N–H and O–H groups in total. The molecule has 0 aliphatic carbocycles. The summed E-state index contributed by atoms with van der Waals surface area (Å²) in [7, 11) is 0. The largest absolute Gasteiger partial charge is 0.327 e. The summed E-state index contributed by atoms with van der Waals surface area (Å²) in [6, 6.07) is 4.00. The Balaban J connectivity index is 1.30. The highest BCUT2D eigenvalue weighted by molar-refractivity contribution is 6.04. The lowest BCUT2D eigenvalue weighted by Gasteiger charge is -2.35. The number of imide groups is 1. The minimum absolute atomic E-state index is 0.0438. The van der Waals surface area contributed by atoms with Crippen LogP contribution < -0.4 is 0 Å². The van der Waals surface area contributed by atoms with Crippen LogP contribution >= 0.6 is 0 Å². The first kappa shape index (κ1) is 15.6. The van der Waals surface area contributed by atoms with Crippen molar-refractivity contribution in [1.82, 2.24) is 19.7 Å². The van der Waals surface area contributed by atoms with Crippen LogP contribution in [0.25, 0.3) is 0 Å². The molecule has 6 nitrogen and oxygen atoms in total. The number of urea groups is 1. The summed E-state index contributed by atoms with van der Waals surface area (Å²) in [5.41, 5.74) is 1.30. The van der Waals surface area contributed by atoms with E-state index in [1.807, 2.05) is 12.4 Å². The smallest absolute Gasteiger partial charge is 0.312 e. The van der Waals surface area contributed by atoms with Crippen molar-refractivity contribution in [1.29, 1.82) is 0 Å². The van der Waals surface area contributed by atoms with Crippen LogP contribution in [0.5, 0.6) is 0 Å². The van der Waals surface area contributed by atoms with Crippen molar-refractivity contribution >= 4 is 11.9 Å². The molecule has 4 heterocycles. The van der Waals surface area contributed by atoms with Crippen molar-refractivity contribution in [2.75, 3.05) is 26.2 Å². The van der Waals surface area contributed by atoms with Crippen molar-refractivity contribution in [3.05, 3.63) is 30.1 Å². The van der Waals surface area contributed by atoms with Crippen LogP contribution in [0, 0.1) is 0 Å². The lowest BCUT2D eigenvalue weighted by Crippen LogP contribution is -2.48. The lowest BCUT2D eigenvalue weighted by molar-refractivity contribution is -0.130. The molecule has 1 aromatic heterocycles. The number of hydrogen-bond acceptors (Lipinski definition) is 4. The zero-order valence-corrected chi connectivity index (χ0v) is 13.9. The van der Waals surface area contributed by atoms with E-state index in [1.165, 1.54) is 5.56 Å². The van der Waals surface area contributed by atoms with Gasteiger partial charge in [0.25, 0.3) is 5.91 Å². The molecular weight excluding hydrogens is 304 g/mol. The number of carbonyl (C=O) groups excluding carboxylic acids is 2. The van der Waals surface area contributed by atoms with E-state index in [0.29, 0.717) is 0 Å². The van der Waals surface area contributed by atoms with Gasteiger partial charge in [0.15, 0.2) is 0 Å². The maximum Gasteiger partial charge on any atom is 0.327 e. The third kappa shape index (κ3) is 2.79. The molecule has 1 atom stereocenters. The number of hydrogen-bond donors (Lipinski definition) is 0. The van der Waals surface area contributed by atoms with Crippen LogP contribution in [-0.2, 0) is 11.2 Å². The van der Waals surface area contributed by atoms with E-state index in [2.05, 4.69) is 22.0 Å². The van der Waals surface area contributed by atoms with Gasteiger partial charge in [-0.2, -0.15) is 0 Å². The predicted molar refractivity (Wildman–Crippen MR) is 89.4 cm³/mol. The number of amides is 3. The Labute approximate surface area is 142 Å². The fourth-order valence-corrected chi connectivity index (χ4v) is 4.22. The molecule has 0 radical (unpaired) electrons. The van der Waals surface area contributed by atoms with E-state index in [-0.39, 0.29) is 24.0 Å². The molecule has 3 aliphatic heterocycles. The number of fused-ring (bicyclic) bond motifs is 1. The average molecular weight is 328 g/mol. The standard InChI is InChI=1S/C18H24N4O2/c23-17-16-2-1-10-21(16)18(24)22(17)15-6-12-20(13-7-15)11-5-14-3-8-19-9-4-14/h3-4,8-9,15-16H,1-2,5-7,10-13H2. The van der Waals surface area contributed by atoms with Crippen LogP contribution in [0.1, 0.15) is 31.2 Å². The van der Waals surface area contributed by atoms with Crippen LogP contribution in [0.4, 0.5) is 4.79 Å². The normalized spacial score (nSPS) is 25.6. The second-order valence-corrected chi connectivity index (χ2v) is 7.02. The van der Waals surface area contributed by atoms with Gasteiger partial charge in [0.05, 0.1) is 0 Å². The molecule has 24 heavy (non-hydrogen) atoms. The van der Waals surface area contributed by atoms with Crippen molar-refractivity contribution < 1.29 is 9.59 Å². The van der Waals surface area contributed by atoms with Gasteiger partial charge in [-0.25, -0.2) is 4.79 Å². The number of carbonyl (C=O) groups is 2. The molecule has 3 amide bonds. The maximum absolute atomic E-state index is 12.5.